The Labute approximate surface area is 123 Å². The van der Waals surface area contributed by atoms with Crippen LogP contribution in [0.25, 0.3) is 0 Å². The van der Waals surface area contributed by atoms with Crippen LogP contribution < -0.4 is 9.46 Å². The predicted octanol–water partition coefficient (Wildman–Crippen LogP) is 1.44. The lowest BCUT2D eigenvalue weighted by molar-refractivity contribution is 0.397. The largest absolute Gasteiger partial charge is 0.481 e. The zero-order chi connectivity index (χ0) is 15.3. The van der Waals surface area contributed by atoms with E-state index < -0.39 is 10.0 Å². The molecule has 1 N–H and O–H groups in total. The van der Waals surface area contributed by atoms with Gasteiger partial charge in [0.15, 0.2) is 0 Å². The van der Waals surface area contributed by atoms with Gasteiger partial charge in [0.25, 0.3) is 0 Å². The van der Waals surface area contributed by atoms with Crippen molar-refractivity contribution in [2.24, 2.45) is 0 Å². The van der Waals surface area contributed by atoms with Crippen molar-refractivity contribution < 1.29 is 13.2 Å². The van der Waals surface area contributed by atoms with Gasteiger partial charge in [-0.25, -0.2) is 18.1 Å². The van der Waals surface area contributed by atoms with Gasteiger partial charge in [0.05, 0.1) is 23.6 Å². The predicted molar refractivity (Wildman–Crippen MR) is 76.0 cm³/mol. The number of hydrogen-bond donors (Lipinski definition) is 1. The van der Waals surface area contributed by atoms with Crippen LogP contribution in [0, 0.1) is 11.3 Å². The smallest absolute Gasteiger partial charge is 0.240 e. The van der Waals surface area contributed by atoms with Gasteiger partial charge >= 0.3 is 0 Å². The molecule has 0 saturated heterocycles. The standard InChI is InChI=1S/C14H13N3O3S/c1-20-14-7-4-12(9-16-14)10-17-21(18,19)13-5-2-11(8-15)3-6-13/h2-7,9,17H,10H2,1H3. The molecule has 108 valence electrons. The van der Waals surface area contributed by atoms with Crippen LogP contribution in [0.1, 0.15) is 11.1 Å². The van der Waals surface area contributed by atoms with Crippen LogP contribution in [0.3, 0.4) is 0 Å². The zero-order valence-corrected chi connectivity index (χ0v) is 12.1. The quantitative estimate of drug-likeness (QED) is 0.902. The molecule has 0 fully saturated rings. The number of methoxy groups -OCH3 is 1. The summed E-state index contributed by atoms with van der Waals surface area (Å²) >= 11 is 0. The molecular formula is C14H13N3O3S. The number of nitrogens with one attached hydrogen (secondary N) is 1. The molecule has 0 amide bonds. The van der Waals surface area contributed by atoms with Crippen LogP contribution in [0.2, 0.25) is 0 Å². The maximum atomic E-state index is 12.1. The van der Waals surface area contributed by atoms with Crippen molar-refractivity contribution in [3.05, 3.63) is 53.7 Å². The normalized spacial score (nSPS) is 10.9. The van der Waals surface area contributed by atoms with E-state index >= 15 is 0 Å². The minimum Gasteiger partial charge on any atom is -0.481 e. The second kappa shape index (κ2) is 6.35. The fraction of sp³-hybridized carbons (Fsp3) is 0.143. The molecule has 0 unspecified atom stereocenters. The fourth-order valence-corrected chi connectivity index (χ4v) is 2.62. The van der Waals surface area contributed by atoms with Crippen molar-refractivity contribution in [1.82, 2.24) is 9.71 Å². The Morgan fingerprint density at radius 1 is 1.24 bits per heavy atom. The summed E-state index contributed by atoms with van der Waals surface area (Å²) in [6.45, 7) is 0.124. The van der Waals surface area contributed by atoms with Crippen LogP contribution >= 0.6 is 0 Å². The first-order valence-corrected chi connectivity index (χ1v) is 7.52. The lowest BCUT2D eigenvalue weighted by Crippen LogP contribution is -2.23. The van der Waals surface area contributed by atoms with Gasteiger partial charge in [-0.2, -0.15) is 5.26 Å². The monoisotopic (exact) mass is 303 g/mol. The Balaban J connectivity index is 2.08. The first kappa shape index (κ1) is 15.0. The van der Waals surface area contributed by atoms with E-state index in [0.29, 0.717) is 17.0 Å². The summed E-state index contributed by atoms with van der Waals surface area (Å²) in [4.78, 5) is 4.11. The lowest BCUT2D eigenvalue weighted by atomic mass is 10.2. The van der Waals surface area contributed by atoms with Crippen LogP contribution in [-0.4, -0.2) is 20.5 Å². The summed E-state index contributed by atoms with van der Waals surface area (Å²) in [5.74, 6) is 0.466. The highest BCUT2D eigenvalue weighted by atomic mass is 32.2. The van der Waals surface area contributed by atoms with Crippen molar-refractivity contribution in [2.45, 2.75) is 11.4 Å². The summed E-state index contributed by atoms with van der Waals surface area (Å²) in [6.07, 6.45) is 1.54. The molecule has 0 aliphatic rings. The summed E-state index contributed by atoms with van der Waals surface area (Å²) in [5.41, 5.74) is 1.13. The maximum Gasteiger partial charge on any atom is 0.240 e. The van der Waals surface area contributed by atoms with E-state index in [9.17, 15) is 8.42 Å². The molecule has 6 nitrogen and oxygen atoms in total. The molecule has 0 atom stereocenters. The topological polar surface area (TPSA) is 92.1 Å². The Morgan fingerprint density at radius 3 is 2.48 bits per heavy atom. The number of rotatable bonds is 5. The number of nitrogens with zero attached hydrogens (tertiary/aromatic N) is 2. The van der Waals surface area contributed by atoms with E-state index in [2.05, 4.69) is 9.71 Å². The van der Waals surface area contributed by atoms with E-state index in [1.54, 1.807) is 18.3 Å². The number of ether oxygens (including phenoxy) is 1. The second-order valence-electron chi connectivity index (χ2n) is 4.17. The molecule has 0 aliphatic carbocycles. The van der Waals surface area contributed by atoms with Gasteiger partial charge in [0, 0.05) is 18.8 Å². The van der Waals surface area contributed by atoms with E-state index in [1.165, 1.54) is 31.4 Å². The van der Waals surface area contributed by atoms with Crippen LogP contribution in [0.4, 0.5) is 0 Å². The number of pyridine rings is 1. The third-order valence-electron chi connectivity index (χ3n) is 2.77. The first-order valence-electron chi connectivity index (χ1n) is 6.04. The number of aromatic nitrogens is 1. The van der Waals surface area contributed by atoms with Gasteiger partial charge in [-0.3, -0.25) is 0 Å². The minimum atomic E-state index is -3.62. The Hall–Kier alpha value is -2.43. The Morgan fingerprint density at radius 2 is 1.95 bits per heavy atom. The van der Waals surface area contributed by atoms with Crippen molar-refractivity contribution in [1.29, 1.82) is 5.26 Å². The Kier molecular flexibility index (Phi) is 4.52. The third-order valence-corrected chi connectivity index (χ3v) is 4.18. The van der Waals surface area contributed by atoms with Crippen molar-refractivity contribution in [2.75, 3.05) is 7.11 Å². The maximum absolute atomic E-state index is 12.1. The average Bonchev–Trinajstić information content (AvgIpc) is 2.53. The molecule has 0 spiro atoms. The van der Waals surface area contributed by atoms with Crippen LogP contribution in [-0.2, 0) is 16.6 Å². The number of nitriles is 1. The van der Waals surface area contributed by atoms with Gasteiger partial charge in [-0.1, -0.05) is 6.07 Å². The van der Waals surface area contributed by atoms with E-state index in [0.717, 1.165) is 0 Å². The molecule has 21 heavy (non-hydrogen) atoms. The summed E-state index contributed by atoms with van der Waals surface area (Å²) in [5, 5.41) is 8.69. The molecule has 0 aliphatic heterocycles. The highest BCUT2D eigenvalue weighted by Crippen LogP contribution is 2.11. The molecule has 7 heteroatoms. The molecule has 1 aromatic carbocycles. The number of sulfonamides is 1. The highest BCUT2D eigenvalue weighted by molar-refractivity contribution is 7.89. The van der Waals surface area contributed by atoms with E-state index in [1.807, 2.05) is 6.07 Å². The van der Waals surface area contributed by atoms with Crippen LogP contribution in [0.15, 0.2) is 47.5 Å². The first-order chi connectivity index (χ1) is 10.0. The molecule has 1 heterocycles. The van der Waals surface area contributed by atoms with Gasteiger partial charge < -0.3 is 4.74 Å². The van der Waals surface area contributed by atoms with E-state index in [4.69, 9.17) is 10.00 Å². The Bertz CT molecular complexity index is 748. The van der Waals surface area contributed by atoms with E-state index in [-0.39, 0.29) is 11.4 Å². The van der Waals surface area contributed by atoms with Crippen molar-refractivity contribution >= 4 is 10.0 Å². The number of benzene rings is 1. The summed E-state index contributed by atoms with van der Waals surface area (Å²) in [7, 11) is -2.11. The SMILES string of the molecule is COc1ccc(CNS(=O)(=O)c2ccc(C#N)cc2)cn1. The summed E-state index contributed by atoms with van der Waals surface area (Å²) in [6, 6.07) is 11.0. The fourth-order valence-electron chi connectivity index (χ4n) is 1.61. The van der Waals surface area contributed by atoms with Gasteiger partial charge in [-0.05, 0) is 29.8 Å². The molecule has 0 radical (unpaired) electrons. The van der Waals surface area contributed by atoms with Crippen molar-refractivity contribution in [3.8, 4) is 11.9 Å². The van der Waals surface area contributed by atoms with Crippen LogP contribution in [0.5, 0.6) is 5.88 Å². The minimum absolute atomic E-state index is 0.114. The second-order valence-corrected chi connectivity index (χ2v) is 5.94. The molecule has 2 rings (SSSR count). The number of hydrogen-bond acceptors (Lipinski definition) is 5. The average molecular weight is 303 g/mol. The lowest BCUT2D eigenvalue weighted by Gasteiger charge is -2.07. The van der Waals surface area contributed by atoms with Gasteiger partial charge in [-0.15, -0.1) is 0 Å². The molecule has 1 aromatic heterocycles. The van der Waals surface area contributed by atoms with Gasteiger partial charge in [0.2, 0.25) is 15.9 Å². The third kappa shape index (κ3) is 3.78. The van der Waals surface area contributed by atoms with Crippen molar-refractivity contribution in [3.63, 3.8) is 0 Å². The molecule has 0 saturated carbocycles. The summed E-state index contributed by atoms with van der Waals surface area (Å²) < 4.78 is 31.6. The van der Waals surface area contributed by atoms with Gasteiger partial charge in [0.1, 0.15) is 0 Å². The molecule has 0 bridgehead atoms. The molecular weight excluding hydrogens is 290 g/mol. The highest BCUT2D eigenvalue weighted by Gasteiger charge is 2.13. The molecule has 2 aromatic rings. The zero-order valence-electron chi connectivity index (χ0n) is 11.3.